The van der Waals surface area contributed by atoms with Gasteiger partial charge in [0.1, 0.15) is 11.6 Å². The Morgan fingerprint density at radius 2 is 0.667 bits per heavy atom. The molecular weight excluding hydrogens is 655 g/mol. The molecule has 10 rings (SSSR count). The zero-order chi connectivity index (χ0) is 35.8. The van der Waals surface area contributed by atoms with Gasteiger partial charge in [0.15, 0.2) is 0 Å². The Morgan fingerprint density at radius 1 is 0.315 bits per heavy atom. The van der Waals surface area contributed by atoms with Crippen molar-refractivity contribution >= 4 is 77.5 Å². The van der Waals surface area contributed by atoms with Crippen molar-refractivity contribution in [3.8, 4) is 0 Å². The smallest absolute Gasteiger partial charge is 0.119 e. The van der Waals surface area contributed by atoms with Crippen molar-refractivity contribution in [2.45, 2.75) is 6.54 Å². The van der Waals surface area contributed by atoms with E-state index in [0.29, 0.717) is 6.54 Å². The highest BCUT2D eigenvalue weighted by Gasteiger charge is 2.26. The third kappa shape index (κ3) is 5.46. The zero-order valence-corrected chi connectivity index (χ0v) is 29.8. The molecule has 256 valence electrons. The number of nitrogens with zero attached hydrogens (tertiary/aromatic N) is 3. The number of para-hydroxylation sites is 2. The van der Waals surface area contributed by atoms with Crippen LogP contribution in [0.1, 0.15) is 5.56 Å². The monoisotopic (exact) mass is 691 g/mol. The Labute approximate surface area is 315 Å². The average molecular weight is 692 g/mol. The molecule has 0 N–H and O–H groups in total. The van der Waals surface area contributed by atoms with Crippen LogP contribution < -0.4 is 9.80 Å². The summed E-state index contributed by atoms with van der Waals surface area (Å²) in [5.74, 6) is 2.15. The lowest BCUT2D eigenvalue weighted by Crippen LogP contribution is -2.20. The van der Waals surface area contributed by atoms with Gasteiger partial charge in [-0.1, -0.05) is 164 Å². The van der Waals surface area contributed by atoms with Gasteiger partial charge in [-0.3, -0.25) is 9.80 Å². The Kier molecular flexibility index (Phi) is 7.88. The van der Waals surface area contributed by atoms with Gasteiger partial charge in [0.2, 0.25) is 0 Å². The lowest BCUT2D eigenvalue weighted by Gasteiger charge is -2.32. The van der Waals surface area contributed by atoms with Crippen LogP contribution in [0.25, 0.3) is 43.1 Å². The molecule has 10 aromatic rings. The third-order valence-corrected chi connectivity index (χ3v) is 10.6. The van der Waals surface area contributed by atoms with Crippen molar-refractivity contribution < 1.29 is 0 Å². The van der Waals surface area contributed by atoms with Crippen LogP contribution in [0.3, 0.4) is 0 Å². The summed E-state index contributed by atoms with van der Waals surface area (Å²) in [7, 11) is 0. The van der Waals surface area contributed by atoms with Gasteiger partial charge in [0, 0.05) is 22.1 Å². The summed E-state index contributed by atoms with van der Waals surface area (Å²) in [6, 6.07) is 76.8. The number of hydrogen-bond acceptors (Lipinski definition) is 2. The SMILES string of the molecule is c1ccc(Cn2c(N(c3ccccc3)c3cc4ccccc4c4ccccc34)ccc2N(c2ccccc2)c2cc3ccccc3c3ccccc23)cc1. The number of hydrogen-bond donors (Lipinski definition) is 0. The molecule has 3 nitrogen and oxygen atoms in total. The molecule has 0 saturated carbocycles. The molecule has 0 aliphatic rings. The molecule has 3 heteroatoms. The van der Waals surface area contributed by atoms with Crippen molar-refractivity contribution in [2.75, 3.05) is 9.80 Å². The van der Waals surface area contributed by atoms with E-state index < -0.39 is 0 Å². The van der Waals surface area contributed by atoms with Crippen LogP contribution >= 0.6 is 0 Å². The van der Waals surface area contributed by atoms with Crippen LogP contribution in [0, 0.1) is 0 Å². The molecule has 0 fully saturated rings. The van der Waals surface area contributed by atoms with Gasteiger partial charge in [0.05, 0.1) is 17.9 Å². The van der Waals surface area contributed by atoms with Gasteiger partial charge in [-0.15, -0.1) is 0 Å². The highest BCUT2D eigenvalue weighted by atomic mass is 15.3. The molecule has 0 aliphatic carbocycles. The largest absolute Gasteiger partial charge is 0.309 e. The van der Waals surface area contributed by atoms with Crippen LogP contribution in [-0.2, 0) is 6.54 Å². The molecule has 0 spiro atoms. The van der Waals surface area contributed by atoms with E-state index in [4.69, 9.17) is 0 Å². The number of aromatic nitrogens is 1. The minimum Gasteiger partial charge on any atom is -0.309 e. The fraction of sp³-hybridized carbons (Fsp3) is 0.0196. The molecule has 0 aliphatic heterocycles. The maximum Gasteiger partial charge on any atom is 0.119 e. The van der Waals surface area contributed by atoms with Gasteiger partial charge < -0.3 is 4.57 Å². The van der Waals surface area contributed by atoms with Crippen LogP contribution in [0.4, 0.5) is 34.4 Å². The molecule has 0 atom stereocenters. The second kappa shape index (κ2) is 13.5. The van der Waals surface area contributed by atoms with Gasteiger partial charge in [-0.2, -0.15) is 0 Å². The average Bonchev–Trinajstić information content (AvgIpc) is 3.64. The van der Waals surface area contributed by atoms with Crippen molar-refractivity contribution in [1.82, 2.24) is 4.57 Å². The van der Waals surface area contributed by atoms with Crippen molar-refractivity contribution in [3.63, 3.8) is 0 Å². The maximum atomic E-state index is 2.49. The molecule has 0 unspecified atom stereocenters. The molecule has 9 aromatic carbocycles. The molecule has 0 amide bonds. The first kappa shape index (κ1) is 31.6. The lowest BCUT2D eigenvalue weighted by atomic mass is 9.99. The van der Waals surface area contributed by atoms with E-state index >= 15 is 0 Å². The van der Waals surface area contributed by atoms with Gasteiger partial charge >= 0.3 is 0 Å². The van der Waals surface area contributed by atoms with Crippen molar-refractivity contribution in [3.05, 3.63) is 218 Å². The highest BCUT2D eigenvalue weighted by molar-refractivity contribution is 6.16. The van der Waals surface area contributed by atoms with E-state index in [1.165, 1.54) is 48.7 Å². The Morgan fingerprint density at radius 3 is 1.11 bits per heavy atom. The summed E-state index contributed by atoms with van der Waals surface area (Å²) in [5, 5.41) is 9.81. The van der Waals surface area contributed by atoms with E-state index in [2.05, 4.69) is 227 Å². The predicted molar refractivity (Wildman–Crippen MR) is 229 cm³/mol. The minimum atomic E-state index is 0.669. The van der Waals surface area contributed by atoms with E-state index in [0.717, 1.165) is 34.4 Å². The van der Waals surface area contributed by atoms with Crippen LogP contribution in [-0.4, -0.2) is 4.57 Å². The first-order valence-electron chi connectivity index (χ1n) is 18.6. The summed E-state index contributed by atoms with van der Waals surface area (Å²) in [4.78, 5) is 4.89. The number of anilines is 6. The van der Waals surface area contributed by atoms with Crippen molar-refractivity contribution in [2.24, 2.45) is 0 Å². The Hall–Kier alpha value is -7.10. The molecule has 0 bridgehead atoms. The van der Waals surface area contributed by atoms with E-state index in [-0.39, 0.29) is 0 Å². The van der Waals surface area contributed by atoms with E-state index in [1.54, 1.807) is 0 Å². The predicted octanol–water partition coefficient (Wildman–Crippen LogP) is 14.1. The second-order valence-electron chi connectivity index (χ2n) is 13.8. The number of benzene rings is 9. The molecule has 1 aromatic heterocycles. The molecule has 1 heterocycles. The fourth-order valence-electron chi connectivity index (χ4n) is 8.15. The van der Waals surface area contributed by atoms with Gasteiger partial charge in [-0.05, 0) is 86.4 Å². The quantitative estimate of drug-likeness (QED) is 0.147. The second-order valence-corrected chi connectivity index (χ2v) is 13.8. The molecule has 0 radical (unpaired) electrons. The number of rotatable bonds is 8. The highest BCUT2D eigenvalue weighted by Crippen LogP contribution is 2.47. The summed E-state index contributed by atoms with van der Waals surface area (Å²) >= 11 is 0. The summed E-state index contributed by atoms with van der Waals surface area (Å²) < 4.78 is 2.49. The van der Waals surface area contributed by atoms with E-state index in [1.807, 2.05) is 0 Å². The first-order chi connectivity index (χ1) is 26.8. The zero-order valence-electron chi connectivity index (χ0n) is 29.8. The molecular formula is C51H37N3. The molecule has 54 heavy (non-hydrogen) atoms. The van der Waals surface area contributed by atoms with E-state index in [9.17, 15) is 0 Å². The van der Waals surface area contributed by atoms with Gasteiger partial charge in [0.25, 0.3) is 0 Å². The third-order valence-electron chi connectivity index (χ3n) is 10.6. The first-order valence-corrected chi connectivity index (χ1v) is 18.6. The minimum absolute atomic E-state index is 0.669. The van der Waals surface area contributed by atoms with Crippen LogP contribution in [0.15, 0.2) is 212 Å². The summed E-state index contributed by atoms with van der Waals surface area (Å²) in [5.41, 5.74) is 5.69. The van der Waals surface area contributed by atoms with Crippen molar-refractivity contribution in [1.29, 1.82) is 0 Å². The standard InChI is InChI=1S/C51H37N3/c1-4-18-37(19-5-1)36-52-50(53(40-22-6-2-7-23-40)48-34-38-20-10-12-26-42(38)44-28-14-16-30-46(44)48)32-33-51(52)54(41-24-8-3-9-25-41)49-35-39-21-11-13-27-43(39)45-29-15-17-31-47(45)49/h1-35H,36H2. The van der Waals surface area contributed by atoms with Crippen LogP contribution in [0.5, 0.6) is 0 Å². The Balaban J connectivity index is 1.29. The summed E-state index contributed by atoms with van der Waals surface area (Å²) in [6.07, 6.45) is 0. The topological polar surface area (TPSA) is 11.4 Å². The normalized spacial score (nSPS) is 11.4. The lowest BCUT2D eigenvalue weighted by molar-refractivity contribution is 0.799. The number of fused-ring (bicyclic) bond motifs is 6. The maximum absolute atomic E-state index is 2.49. The van der Waals surface area contributed by atoms with Crippen LogP contribution in [0.2, 0.25) is 0 Å². The fourth-order valence-corrected chi connectivity index (χ4v) is 8.15. The Bertz CT molecular complexity index is 2730. The van der Waals surface area contributed by atoms with Gasteiger partial charge in [-0.25, -0.2) is 0 Å². The molecule has 0 saturated heterocycles. The summed E-state index contributed by atoms with van der Waals surface area (Å²) in [6.45, 7) is 0.669.